The Hall–Kier alpha value is -4.34. The second-order valence-corrected chi connectivity index (χ2v) is 9.25. The smallest absolute Gasteiger partial charge is 0.276 e. The van der Waals surface area contributed by atoms with Gasteiger partial charge in [0.05, 0.1) is 23.1 Å². The van der Waals surface area contributed by atoms with Crippen LogP contribution in [-0.2, 0) is 25.6 Å². The van der Waals surface area contributed by atoms with Crippen molar-refractivity contribution in [3.63, 3.8) is 0 Å². The topological polar surface area (TPSA) is 148 Å². The minimum atomic E-state index is -0.876. The van der Waals surface area contributed by atoms with Gasteiger partial charge in [-0.15, -0.1) is 0 Å². The molecule has 3 amide bonds. The minimum absolute atomic E-state index is 0.0815. The molecule has 0 saturated carbocycles. The van der Waals surface area contributed by atoms with Gasteiger partial charge in [0.2, 0.25) is 17.7 Å². The summed E-state index contributed by atoms with van der Waals surface area (Å²) >= 11 is 0. The number of carbonyl (C=O) groups is 4. The van der Waals surface area contributed by atoms with Gasteiger partial charge >= 0.3 is 0 Å². The lowest BCUT2D eigenvalue weighted by Crippen LogP contribution is -2.52. The van der Waals surface area contributed by atoms with Crippen molar-refractivity contribution in [3.05, 3.63) is 81.9 Å². The van der Waals surface area contributed by atoms with Crippen LogP contribution in [0.5, 0.6) is 0 Å². The molecule has 0 unspecified atom stereocenters. The number of hydrogen-bond acceptors (Lipinski definition) is 6. The first-order valence-corrected chi connectivity index (χ1v) is 12.5. The van der Waals surface area contributed by atoms with Gasteiger partial charge in [-0.3, -0.25) is 24.5 Å². The fourth-order valence-corrected chi connectivity index (χ4v) is 3.76. The van der Waals surface area contributed by atoms with Gasteiger partial charge in [0, 0.05) is 12.1 Å². The molecule has 0 fully saturated rings. The maximum absolute atomic E-state index is 12.9. The number of carbonyl (C=O) groups excluding carboxylic acids is 4. The van der Waals surface area contributed by atoms with Crippen LogP contribution in [0.25, 0.3) is 6.08 Å². The van der Waals surface area contributed by atoms with Gasteiger partial charge in [-0.25, -0.2) is 0 Å². The molecule has 2 rings (SSSR count). The third-order valence-corrected chi connectivity index (χ3v) is 5.65. The first-order chi connectivity index (χ1) is 18.2. The van der Waals surface area contributed by atoms with E-state index in [1.807, 2.05) is 44.2 Å². The summed E-state index contributed by atoms with van der Waals surface area (Å²) in [5.41, 5.74) is 1.25. The molecule has 0 radical (unpaired) electrons. The summed E-state index contributed by atoms with van der Waals surface area (Å²) in [6.07, 6.45) is 5.38. The molecule has 0 spiro atoms. The predicted octanol–water partition coefficient (Wildman–Crippen LogP) is 2.96. The number of aldehydes is 1. The van der Waals surface area contributed by atoms with Crippen LogP contribution in [0.2, 0.25) is 0 Å². The summed E-state index contributed by atoms with van der Waals surface area (Å²) in [6.45, 7) is 3.41. The lowest BCUT2D eigenvalue weighted by molar-refractivity contribution is -0.385. The van der Waals surface area contributed by atoms with Crippen molar-refractivity contribution in [2.24, 2.45) is 5.92 Å². The van der Waals surface area contributed by atoms with E-state index in [0.29, 0.717) is 25.5 Å². The third-order valence-electron chi connectivity index (χ3n) is 5.65. The average molecular weight is 523 g/mol. The van der Waals surface area contributed by atoms with Crippen molar-refractivity contribution in [1.82, 2.24) is 16.0 Å². The molecule has 0 bridgehead atoms. The summed E-state index contributed by atoms with van der Waals surface area (Å²) in [7, 11) is 0. The van der Waals surface area contributed by atoms with Gasteiger partial charge in [0.25, 0.3) is 5.69 Å². The molecule has 202 valence electrons. The molecule has 0 aliphatic carbocycles. The Kier molecular flexibility index (Phi) is 12.4. The lowest BCUT2D eigenvalue weighted by atomic mass is 10.0. The summed E-state index contributed by atoms with van der Waals surface area (Å²) in [5, 5.41) is 18.8. The van der Waals surface area contributed by atoms with E-state index in [1.54, 1.807) is 6.07 Å². The molecule has 0 heterocycles. The normalized spacial score (nSPS) is 12.5. The molecule has 10 heteroatoms. The van der Waals surface area contributed by atoms with E-state index in [9.17, 15) is 29.3 Å². The van der Waals surface area contributed by atoms with E-state index >= 15 is 0 Å². The number of aryl methyl sites for hydroxylation is 1. The third kappa shape index (κ3) is 10.7. The Morgan fingerprint density at radius 3 is 2.34 bits per heavy atom. The van der Waals surface area contributed by atoms with Gasteiger partial charge in [-0.05, 0) is 49.3 Å². The van der Waals surface area contributed by atoms with Gasteiger partial charge < -0.3 is 20.7 Å². The number of nitro benzene ring substituents is 1. The molecule has 2 aromatic rings. The molecular formula is C28H34N4O6. The highest BCUT2D eigenvalue weighted by Gasteiger charge is 2.24. The first-order valence-electron chi connectivity index (χ1n) is 12.5. The molecular weight excluding hydrogens is 488 g/mol. The van der Waals surface area contributed by atoms with Crippen LogP contribution in [0.3, 0.4) is 0 Å². The SMILES string of the molecule is CC(C)C[C@H](NC(=O)CNC(=O)C=Cc1ccccc1[N+](=O)[O-])C(=O)N[C@@H](C=O)CCCc1ccccc1. The van der Waals surface area contributed by atoms with Crippen LogP contribution in [-0.4, -0.2) is 47.6 Å². The van der Waals surface area contributed by atoms with E-state index in [-0.39, 0.29) is 17.2 Å². The van der Waals surface area contributed by atoms with Crippen molar-refractivity contribution >= 4 is 35.8 Å². The van der Waals surface area contributed by atoms with E-state index in [2.05, 4.69) is 16.0 Å². The summed E-state index contributed by atoms with van der Waals surface area (Å²) in [4.78, 5) is 59.5. The minimum Gasteiger partial charge on any atom is -0.345 e. The van der Waals surface area contributed by atoms with Crippen LogP contribution in [0, 0.1) is 16.0 Å². The van der Waals surface area contributed by atoms with Crippen molar-refractivity contribution in [2.45, 2.75) is 51.6 Å². The Labute approximate surface area is 222 Å². The van der Waals surface area contributed by atoms with Crippen LogP contribution in [0.15, 0.2) is 60.7 Å². The van der Waals surface area contributed by atoms with Gasteiger partial charge in [0.1, 0.15) is 12.3 Å². The van der Waals surface area contributed by atoms with Gasteiger partial charge in [-0.2, -0.15) is 0 Å². The lowest BCUT2D eigenvalue weighted by Gasteiger charge is -2.22. The van der Waals surface area contributed by atoms with Crippen LogP contribution >= 0.6 is 0 Å². The monoisotopic (exact) mass is 522 g/mol. The second-order valence-electron chi connectivity index (χ2n) is 9.25. The highest BCUT2D eigenvalue weighted by molar-refractivity contribution is 5.95. The predicted molar refractivity (Wildman–Crippen MR) is 144 cm³/mol. The number of hydrogen-bond donors (Lipinski definition) is 3. The molecule has 0 aliphatic heterocycles. The van der Waals surface area contributed by atoms with E-state index in [1.165, 1.54) is 24.3 Å². The number of rotatable bonds is 15. The number of benzene rings is 2. The largest absolute Gasteiger partial charge is 0.345 e. The zero-order valence-electron chi connectivity index (χ0n) is 21.6. The number of para-hydroxylation sites is 1. The maximum atomic E-state index is 12.9. The number of nitrogens with zero attached hydrogens (tertiary/aromatic N) is 1. The summed E-state index contributed by atoms with van der Waals surface area (Å²) in [6, 6.07) is 14.2. The Balaban J connectivity index is 1.87. The maximum Gasteiger partial charge on any atom is 0.276 e. The van der Waals surface area contributed by atoms with E-state index in [0.717, 1.165) is 18.1 Å². The molecule has 0 aromatic heterocycles. The molecule has 2 atom stereocenters. The number of amides is 3. The Morgan fingerprint density at radius 1 is 1.00 bits per heavy atom. The van der Waals surface area contributed by atoms with Crippen LogP contribution < -0.4 is 16.0 Å². The standard InChI is InChI=1S/C28H34N4O6/c1-20(2)17-24(28(36)30-23(19-33)13-8-11-21-9-4-3-5-10-21)31-27(35)18-29-26(34)16-15-22-12-6-7-14-25(22)32(37)38/h3-7,9-10,12,14-16,19-20,23-24H,8,11,13,17-18H2,1-2H3,(H,29,34)(H,30,36)(H,31,35)/t23-,24+/m1/s1. The molecule has 0 saturated heterocycles. The highest BCUT2D eigenvalue weighted by atomic mass is 16.6. The first kappa shape index (κ1) is 29.9. The average Bonchev–Trinajstić information content (AvgIpc) is 2.90. The summed E-state index contributed by atoms with van der Waals surface area (Å²) < 4.78 is 0. The number of nitrogens with one attached hydrogen (secondary N) is 3. The zero-order valence-corrected chi connectivity index (χ0v) is 21.6. The fourth-order valence-electron chi connectivity index (χ4n) is 3.76. The molecule has 2 aromatic carbocycles. The molecule has 3 N–H and O–H groups in total. The number of nitro groups is 1. The van der Waals surface area contributed by atoms with E-state index < -0.39 is 41.3 Å². The Bertz CT molecular complexity index is 1130. The molecule has 0 aliphatic rings. The van der Waals surface area contributed by atoms with Crippen molar-refractivity contribution < 1.29 is 24.1 Å². The van der Waals surface area contributed by atoms with Gasteiger partial charge in [0.15, 0.2) is 0 Å². The summed E-state index contributed by atoms with van der Waals surface area (Å²) in [5.74, 6) is -1.59. The van der Waals surface area contributed by atoms with Crippen LogP contribution in [0.1, 0.15) is 44.2 Å². The van der Waals surface area contributed by atoms with Crippen molar-refractivity contribution in [3.8, 4) is 0 Å². The quantitative estimate of drug-likeness (QED) is 0.142. The molecule has 38 heavy (non-hydrogen) atoms. The van der Waals surface area contributed by atoms with Crippen LogP contribution in [0.4, 0.5) is 5.69 Å². The fraction of sp³-hybridized carbons (Fsp3) is 0.357. The van der Waals surface area contributed by atoms with Crippen molar-refractivity contribution in [1.29, 1.82) is 0 Å². The molecule has 10 nitrogen and oxygen atoms in total. The zero-order chi connectivity index (χ0) is 27.9. The second kappa shape index (κ2) is 15.7. The van der Waals surface area contributed by atoms with Gasteiger partial charge in [-0.1, -0.05) is 56.3 Å². The highest BCUT2D eigenvalue weighted by Crippen LogP contribution is 2.18. The van der Waals surface area contributed by atoms with E-state index in [4.69, 9.17) is 0 Å². The van der Waals surface area contributed by atoms with Crippen molar-refractivity contribution in [2.75, 3.05) is 6.54 Å². The Morgan fingerprint density at radius 2 is 1.68 bits per heavy atom.